The van der Waals surface area contributed by atoms with Crippen LogP contribution in [-0.4, -0.2) is 21.3 Å². The van der Waals surface area contributed by atoms with Crippen molar-refractivity contribution in [1.29, 1.82) is 0 Å². The van der Waals surface area contributed by atoms with E-state index >= 15 is 0 Å². The number of aliphatic hydroxyl groups excluding tert-OH is 1. The standard InChI is InChI=1S/C11H12O4/c12-9-3-1-2-7-6(9)4-5-8(10(7)13)11(14)15/h1-3,8,10,12-13H,4-5H2,(H,14,15). The number of fused-ring (bicyclic) bond motifs is 1. The fraction of sp³-hybridized carbons (Fsp3) is 0.364. The summed E-state index contributed by atoms with van der Waals surface area (Å²) in [5.41, 5.74) is 1.20. The molecule has 3 N–H and O–H groups in total. The summed E-state index contributed by atoms with van der Waals surface area (Å²) in [5.74, 6) is -1.62. The summed E-state index contributed by atoms with van der Waals surface area (Å²) < 4.78 is 0. The van der Waals surface area contributed by atoms with Crippen LogP contribution in [0.4, 0.5) is 0 Å². The Hall–Kier alpha value is -1.55. The van der Waals surface area contributed by atoms with E-state index in [-0.39, 0.29) is 5.75 Å². The number of rotatable bonds is 1. The van der Waals surface area contributed by atoms with Crippen LogP contribution in [0, 0.1) is 5.92 Å². The van der Waals surface area contributed by atoms with E-state index < -0.39 is 18.0 Å². The number of benzene rings is 1. The summed E-state index contributed by atoms with van der Waals surface area (Å²) in [4.78, 5) is 10.8. The van der Waals surface area contributed by atoms with Crippen LogP contribution in [0.2, 0.25) is 0 Å². The van der Waals surface area contributed by atoms with Crippen LogP contribution in [0.15, 0.2) is 18.2 Å². The number of carboxylic acids is 1. The topological polar surface area (TPSA) is 77.8 Å². The molecule has 0 aliphatic heterocycles. The zero-order valence-corrected chi connectivity index (χ0v) is 8.05. The molecule has 1 aliphatic rings. The van der Waals surface area contributed by atoms with Gasteiger partial charge in [-0.25, -0.2) is 0 Å². The van der Waals surface area contributed by atoms with Crippen molar-refractivity contribution in [3.8, 4) is 5.75 Å². The predicted octanol–water partition coefficient (Wildman–Crippen LogP) is 1.07. The Bertz CT molecular complexity index is 400. The van der Waals surface area contributed by atoms with Crippen molar-refractivity contribution in [2.45, 2.75) is 18.9 Å². The third-order valence-corrected chi connectivity index (χ3v) is 2.91. The van der Waals surface area contributed by atoms with Gasteiger partial charge in [-0.05, 0) is 30.0 Å². The number of phenolic OH excluding ortho intramolecular Hbond substituents is 1. The lowest BCUT2D eigenvalue weighted by atomic mass is 9.81. The van der Waals surface area contributed by atoms with E-state index in [0.717, 1.165) is 0 Å². The maximum Gasteiger partial charge on any atom is 0.309 e. The smallest absolute Gasteiger partial charge is 0.309 e. The second kappa shape index (κ2) is 3.55. The number of carbonyl (C=O) groups is 1. The van der Waals surface area contributed by atoms with Gasteiger partial charge in [-0.2, -0.15) is 0 Å². The molecule has 0 bridgehead atoms. The lowest BCUT2D eigenvalue weighted by Gasteiger charge is -2.27. The minimum Gasteiger partial charge on any atom is -0.508 e. The van der Waals surface area contributed by atoms with Crippen molar-refractivity contribution >= 4 is 5.97 Å². The monoisotopic (exact) mass is 208 g/mol. The minimum absolute atomic E-state index is 0.135. The highest BCUT2D eigenvalue weighted by molar-refractivity contribution is 5.72. The average Bonchev–Trinajstić information content (AvgIpc) is 2.19. The van der Waals surface area contributed by atoms with Crippen molar-refractivity contribution in [2.75, 3.05) is 0 Å². The van der Waals surface area contributed by atoms with Crippen molar-refractivity contribution in [2.24, 2.45) is 5.92 Å². The zero-order valence-electron chi connectivity index (χ0n) is 8.05. The molecular weight excluding hydrogens is 196 g/mol. The molecule has 0 spiro atoms. The Kier molecular flexibility index (Phi) is 2.36. The number of aromatic hydroxyl groups is 1. The van der Waals surface area contributed by atoms with Gasteiger partial charge in [0, 0.05) is 0 Å². The summed E-state index contributed by atoms with van der Waals surface area (Å²) in [6.07, 6.45) is -0.157. The molecule has 15 heavy (non-hydrogen) atoms. The molecule has 1 aromatic carbocycles. The van der Waals surface area contributed by atoms with Crippen molar-refractivity contribution < 1.29 is 20.1 Å². The van der Waals surface area contributed by atoms with E-state index in [2.05, 4.69) is 0 Å². The minimum atomic E-state index is -1.02. The van der Waals surface area contributed by atoms with Crippen LogP contribution in [0.25, 0.3) is 0 Å². The maximum absolute atomic E-state index is 10.8. The molecule has 0 saturated carbocycles. The summed E-state index contributed by atoms with van der Waals surface area (Å²) in [5, 5.41) is 28.2. The molecule has 2 unspecified atom stereocenters. The lowest BCUT2D eigenvalue weighted by molar-refractivity contribution is -0.146. The Morgan fingerprint density at radius 1 is 1.40 bits per heavy atom. The van der Waals surface area contributed by atoms with Crippen LogP contribution in [0.5, 0.6) is 5.75 Å². The van der Waals surface area contributed by atoms with Crippen molar-refractivity contribution in [3.63, 3.8) is 0 Å². The maximum atomic E-state index is 10.8. The van der Waals surface area contributed by atoms with Gasteiger partial charge in [0.1, 0.15) is 5.75 Å². The quantitative estimate of drug-likeness (QED) is 0.645. The molecule has 1 aromatic rings. The molecule has 1 aliphatic carbocycles. The SMILES string of the molecule is O=C(O)C1CCc2c(O)cccc2C1O. The Labute approximate surface area is 86.8 Å². The van der Waals surface area contributed by atoms with Gasteiger partial charge in [0.05, 0.1) is 12.0 Å². The molecule has 0 radical (unpaired) electrons. The second-order valence-electron chi connectivity index (χ2n) is 3.77. The van der Waals surface area contributed by atoms with E-state index in [0.29, 0.717) is 24.0 Å². The number of carboxylic acid groups (broad SMARTS) is 1. The molecule has 0 fully saturated rings. The van der Waals surface area contributed by atoms with E-state index in [9.17, 15) is 15.0 Å². The Morgan fingerprint density at radius 3 is 2.80 bits per heavy atom. The van der Waals surface area contributed by atoms with Crippen LogP contribution < -0.4 is 0 Å². The van der Waals surface area contributed by atoms with Crippen molar-refractivity contribution in [1.82, 2.24) is 0 Å². The first-order valence-corrected chi connectivity index (χ1v) is 4.83. The second-order valence-corrected chi connectivity index (χ2v) is 3.77. The molecule has 2 atom stereocenters. The van der Waals surface area contributed by atoms with E-state index in [4.69, 9.17) is 5.11 Å². The fourth-order valence-corrected chi connectivity index (χ4v) is 2.07. The van der Waals surface area contributed by atoms with Gasteiger partial charge >= 0.3 is 5.97 Å². The van der Waals surface area contributed by atoms with Gasteiger partial charge in [0.2, 0.25) is 0 Å². The largest absolute Gasteiger partial charge is 0.508 e. The first-order chi connectivity index (χ1) is 7.11. The van der Waals surface area contributed by atoms with E-state index in [1.54, 1.807) is 18.2 Å². The number of hydrogen-bond acceptors (Lipinski definition) is 3. The Morgan fingerprint density at radius 2 is 2.13 bits per heavy atom. The molecule has 0 saturated heterocycles. The highest BCUT2D eigenvalue weighted by atomic mass is 16.4. The van der Waals surface area contributed by atoms with E-state index in [1.807, 2.05) is 0 Å². The van der Waals surface area contributed by atoms with Crippen LogP contribution >= 0.6 is 0 Å². The molecule has 0 amide bonds. The van der Waals surface area contributed by atoms with E-state index in [1.165, 1.54) is 0 Å². The summed E-state index contributed by atoms with van der Waals surface area (Å²) in [7, 11) is 0. The molecule has 4 heteroatoms. The third-order valence-electron chi connectivity index (χ3n) is 2.91. The van der Waals surface area contributed by atoms with Gasteiger partial charge in [0.15, 0.2) is 0 Å². The van der Waals surface area contributed by atoms with Gasteiger partial charge in [-0.3, -0.25) is 4.79 Å². The molecule has 2 rings (SSSR count). The van der Waals surface area contributed by atoms with Crippen LogP contribution in [0.3, 0.4) is 0 Å². The normalized spacial score (nSPS) is 24.6. The molecule has 80 valence electrons. The number of hydrogen-bond donors (Lipinski definition) is 3. The molecule has 0 aromatic heterocycles. The van der Waals surface area contributed by atoms with Gasteiger partial charge < -0.3 is 15.3 Å². The third kappa shape index (κ3) is 1.57. The molecular formula is C11H12O4. The van der Waals surface area contributed by atoms with Crippen molar-refractivity contribution in [3.05, 3.63) is 29.3 Å². The lowest BCUT2D eigenvalue weighted by Crippen LogP contribution is -2.27. The van der Waals surface area contributed by atoms with Crippen LogP contribution in [-0.2, 0) is 11.2 Å². The molecule has 0 heterocycles. The number of phenols is 1. The zero-order chi connectivity index (χ0) is 11.0. The highest BCUT2D eigenvalue weighted by Gasteiger charge is 2.33. The summed E-state index contributed by atoms with van der Waals surface area (Å²) >= 11 is 0. The fourth-order valence-electron chi connectivity index (χ4n) is 2.07. The first-order valence-electron chi connectivity index (χ1n) is 4.83. The summed E-state index contributed by atoms with van der Waals surface area (Å²) in [6.45, 7) is 0. The van der Waals surface area contributed by atoms with Crippen LogP contribution in [0.1, 0.15) is 23.7 Å². The first kappa shape index (κ1) is 9.98. The molecule has 4 nitrogen and oxygen atoms in total. The van der Waals surface area contributed by atoms with Gasteiger partial charge in [-0.15, -0.1) is 0 Å². The highest BCUT2D eigenvalue weighted by Crippen LogP contribution is 2.38. The Balaban J connectivity index is 2.42. The number of aliphatic hydroxyl groups is 1. The van der Waals surface area contributed by atoms with Gasteiger partial charge in [-0.1, -0.05) is 12.1 Å². The number of aliphatic carboxylic acids is 1. The van der Waals surface area contributed by atoms with Gasteiger partial charge in [0.25, 0.3) is 0 Å². The summed E-state index contributed by atoms with van der Waals surface area (Å²) in [6, 6.07) is 4.82. The average molecular weight is 208 g/mol. The predicted molar refractivity (Wildman–Crippen MR) is 52.5 cm³/mol.